The molecule has 1 aromatic heterocycles. The molecule has 0 aliphatic carbocycles. The Bertz CT molecular complexity index is 781. The zero-order valence-corrected chi connectivity index (χ0v) is 13.5. The number of primary sulfonamides is 1. The topological polar surface area (TPSA) is 95.0 Å². The Balaban J connectivity index is 2.40. The minimum absolute atomic E-state index is 0.0519. The van der Waals surface area contributed by atoms with Gasteiger partial charge < -0.3 is 4.57 Å². The first-order valence-electron chi connectivity index (χ1n) is 6.48. The van der Waals surface area contributed by atoms with Gasteiger partial charge in [-0.3, -0.25) is 4.79 Å². The Hall–Kier alpha value is -1.38. The largest absolute Gasteiger partial charge is 0.319 e. The molecule has 2 aromatic rings. The fraction of sp³-hybridized carbons (Fsp3) is 0.385. The lowest BCUT2D eigenvalue weighted by Gasteiger charge is -2.05. The highest BCUT2D eigenvalue weighted by Gasteiger charge is 2.14. The van der Waals surface area contributed by atoms with Gasteiger partial charge >= 0.3 is 0 Å². The maximum Gasteiger partial charge on any atom is 0.238 e. The minimum Gasteiger partial charge on any atom is -0.319 e. The van der Waals surface area contributed by atoms with Crippen molar-refractivity contribution in [3.63, 3.8) is 0 Å². The first-order chi connectivity index (χ1) is 9.82. The minimum atomic E-state index is -3.73. The van der Waals surface area contributed by atoms with Crippen LogP contribution in [0.2, 0.25) is 0 Å². The number of aromatic nitrogens is 2. The van der Waals surface area contributed by atoms with Gasteiger partial charge in [-0.05, 0) is 32.0 Å². The maximum atomic E-state index is 11.4. The van der Waals surface area contributed by atoms with Gasteiger partial charge in [-0.25, -0.2) is 18.5 Å². The van der Waals surface area contributed by atoms with Gasteiger partial charge in [0, 0.05) is 18.7 Å². The Kier molecular flexibility index (Phi) is 4.70. The van der Waals surface area contributed by atoms with Gasteiger partial charge in [0.25, 0.3) is 0 Å². The number of hydrogen-bond acceptors (Lipinski definition) is 5. The molecular weight excluding hydrogens is 310 g/mol. The van der Waals surface area contributed by atoms with Crippen LogP contribution in [0.25, 0.3) is 11.0 Å². The molecule has 0 aliphatic heterocycles. The number of imidazole rings is 1. The second-order valence-electron chi connectivity index (χ2n) is 4.63. The number of nitrogens with zero attached hydrogens (tertiary/aromatic N) is 2. The Labute approximate surface area is 127 Å². The highest BCUT2D eigenvalue weighted by atomic mass is 32.2. The molecule has 21 heavy (non-hydrogen) atoms. The molecule has 2 N–H and O–H groups in total. The van der Waals surface area contributed by atoms with E-state index in [-0.39, 0.29) is 10.7 Å². The van der Waals surface area contributed by atoms with Crippen molar-refractivity contribution in [3.05, 3.63) is 18.2 Å². The molecule has 0 unspecified atom stereocenters. The summed E-state index contributed by atoms with van der Waals surface area (Å²) in [6, 6.07) is 4.67. The summed E-state index contributed by atoms with van der Waals surface area (Å²) in [5.41, 5.74) is 1.45. The molecule has 6 nitrogen and oxygen atoms in total. The molecule has 114 valence electrons. The van der Waals surface area contributed by atoms with Crippen molar-refractivity contribution in [2.75, 3.05) is 5.75 Å². The average molecular weight is 327 g/mol. The summed E-state index contributed by atoms with van der Waals surface area (Å²) in [6.45, 7) is 4.26. The summed E-state index contributed by atoms with van der Waals surface area (Å²) in [4.78, 5) is 15.5. The van der Waals surface area contributed by atoms with E-state index in [1.54, 1.807) is 13.0 Å². The van der Waals surface area contributed by atoms with E-state index in [9.17, 15) is 13.2 Å². The fourth-order valence-electron chi connectivity index (χ4n) is 1.97. The van der Waals surface area contributed by atoms with Crippen molar-refractivity contribution < 1.29 is 13.2 Å². The maximum absolute atomic E-state index is 11.4. The molecule has 0 amide bonds. The lowest BCUT2D eigenvalue weighted by Crippen LogP contribution is -2.11. The average Bonchev–Trinajstić information content (AvgIpc) is 2.73. The number of rotatable bonds is 6. The molecule has 0 aliphatic rings. The van der Waals surface area contributed by atoms with Crippen LogP contribution in [0.15, 0.2) is 28.3 Å². The normalized spacial score (nSPS) is 12.0. The molecule has 0 radical (unpaired) electrons. The van der Waals surface area contributed by atoms with Gasteiger partial charge in [-0.2, -0.15) is 0 Å². The second kappa shape index (κ2) is 6.17. The van der Waals surface area contributed by atoms with Crippen LogP contribution in [0.1, 0.15) is 20.3 Å². The lowest BCUT2D eigenvalue weighted by molar-refractivity contribution is -0.116. The fourth-order valence-corrected chi connectivity index (χ4v) is 3.62. The quantitative estimate of drug-likeness (QED) is 0.816. The van der Waals surface area contributed by atoms with Gasteiger partial charge in [-0.15, -0.1) is 0 Å². The predicted molar refractivity (Wildman–Crippen MR) is 82.8 cm³/mol. The van der Waals surface area contributed by atoms with Gasteiger partial charge in [0.1, 0.15) is 5.78 Å². The van der Waals surface area contributed by atoms with E-state index in [1.807, 2.05) is 11.5 Å². The summed E-state index contributed by atoms with van der Waals surface area (Å²) in [5, 5.41) is 5.91. The number of fused-ring (bicyclic) bond motifs is 1. The number of hydrogen-bond donors (Lipinski definition) is 1. The molecule has 2 rings (SSSR count). The van der Waals surface area contributed by atoms with E-state index >= 15 is 0 Å². The molecule has 0 bridgehead atoms. The summed E-state index contributed by atoms with van der Waals surface area (Å²) in [7, 11) is -3.73. The Morgan fingerprint density at radius 2 is 2.14 bits per heavy atom. The van der Waals surface area contributed by atoms with Crippen LogP contribution in [0, 0.1) is 0 Å². The number of ketones is 1. The number of nitrogens with two attached hydrogens (primary N) is 1. The first-order valence-corrected chi connectivity index (χ1v) is 9.01. The zero-order valence-electron chi connectivity index (χ0n) is 11.9. The van der Waals surface area contributed by atoms with Crippen molar-refractivity contribution in [1.29, 1.82) is 0 Å². The van der Waals surface area contributed by atoms with E-state index in [0.29, 0.717) is 24.2 Å². The third-order valence-corrected chi connectivity index (χ3v) is 4.90. The number of benzene rings is 1. The monoisotopic (exact) mass is 327 g/mol. The predicted octanol–water partition coefficient (Wildman–Crippen LogP) is 1.77. The summed E-state index contributed by atoms with van der Waals surface area (Å²) in [6.07, 6.45) is 0.486. The van der Waals surface area contributed by atoms with E-state index in [4.69, 9.17) is 5.14 Å². The van der Waals surface area contributed by atoms with Gasteiger partial charge in [0.05, 0.1) is 15.9 Å². The molecule has 0 saturated heterocycles. The van der Waals surface area contributed by atoms with E-state index in [2.05, 4.69) is 4.98 Å². The molecule has 1 aromatic carbocycles. The highest BCUT2D eigenvalue weighted by Crippen LogP contribution is 2.26. The van der Waals surface area contributed by atoms with E-state index in [1.165, 1.54) is 23.9 Å². The molecule has 1 heterocycles. The van der Waals surface area contributed by atoms with Crippen LogP contribution < -0.4 is 5.14 Å². The third kappa shape index (κ3) is 3.63. The van der Waals surface area contributed by atoms with Crippen LogP contribution in [-0.4, -0.2) is 29.5 Å². The van der Waals surface area contributed by atoms with E-state index in [0.717, 1.165) is 10.7 Å². The molecule has 0 saturated carbocycles. The third-order valence-electron chi connectivity index (χ3n) is 3.01. The van der Waals surface area contributed by atoms with Crippen molar-refractivity contribution >= 4 is 38.6 Å². The molecule has 0 atom stereocenters. The Morgan fingerprint density at radius 1 is 1.43 bits per heavy atom. The number of carbonyl (C=O) groups is 1. The van der Waals surface area contributed by atoms with E-state index < -0.39 is 10.0 Å². The van der Waals surface area contributed by atoms with Crippen LogP contribution >= 0.6 is 11.8 Å². The van der Waals surface area contributed by atoms with Crippen molar-refractivity contribution in [2.24, 2.45) is 5.14 Å². The van der Waals surface area contributed by atoms with Crippen LogP contribution in [0.5, 0.6) is 0 Å². The Morgan fingerprint density at radius 3 is 2.71 bits per heavy atom. The van der Waals surface area contributed by atoms with Crippen molar-refractivity contribution in [1.82, 2.24) is 9.55 Å². The van der Waals surface area contributed by atoms with Gasteiger partial charge in [0.15, 0.2) is 5.16 Å². The molecule has 8 heteroatoms. The second-order valence-corrected chi connectivity index (χ2v) is 7.26. The van der Waals surface area contributed by atoms with Gasteiger partial charge in [0.2, 0.25) is 10.0 Å². The molecular formula is C13H17N3O3S2. The van der Waals surface area contributed by atoms with Crippen LogP contribution in [0.4, 0.5) is 0 Å². The van der Waals surface area contributed by atoms with Crippen molar-refractivity contribution in [2.45, 2.75) is 36.9 Å². The van der Waals surface area contributed by atoms with Gasteiger partial charge in [-0.1, -0.05) is 11.8 Å². The number of carbonyl (C=O) groups excluding carboxylic acids is 1. The SMILES string of the molecule is CCn1c(SCCC(C)=O)nc2cc(S(N)(=O)=O)ccc21. The lowest BCUT2D eigenvalue weighted by atomic mass is 10.3. The number of thioether (sulfide) groups is 1. The molecule has 0 fully saturated rings. The van der Waals surface area contributed by atoms with Crippen LogP contribution in [0.3, 0.4) is 0 Å². The summed E-state index contributed by atoms with van der Waals surface area (Å²) in [5.74, 6) is 0.791. The van der Waals surface area contributed by atoms with Crippen LogP contribution in [-0.2, 0) is 21.4 Å². The summed E-state index contributed by atoms with van der Waals surface area (Å²) < 4.78 is 24.8. The highest BCUT2D eigenvalue weighted by molar-refractivity contribution is 7.99. The standard InChI is InChI=1S/C13H17N3O3S2/c1-3-16-12-5-4-10(21(14,18)19)8-11(12)15-13(16)20-7-6-9(2)17/h4-5,8H,3,6-7H2,1-2H3,(H2,14,18,19). The first kappa shape index (κ1) is 16.0. The zero-order chi connectivity index (χ0) is 15.6. The molecule has 0 spiro atoms. The number of sulfonamides is 1. The van der Waals surface area contributed by atoms with Crippen molar-refractivity contribution in [3.8, 4) is 0 Å². The number of aryl methyl sites for hydroxylation is 1. The summed E-state index contributed by atoms with van der Waals surface area (Å²) >= 11 is 1.49. The number of Topliss-reactive ketones (excluding diaryl/α,β-unsaturated/α-hetero) is 1. The smallest absolute Gasteiger partial charge is 0.238 e.